The molecule has 1 saturated carbocycles. The molecule has 1 aromatic carbocycles. The van der Waals surface area contributed by atoms with Crippen LogP contribution in [-0.4, -0.2) is 25.9 Å². The van der Waals surface area contributed by atoms with Crippen LogP contribution in [0.15, 0.2) is 24.8 Å². The topological polar surface area (TPSA) is 27.7 Å². The second-order valence-electron chi connectivity index (χ2n) is 8.79. The number of hydrogen-bond acceptors (Lipinski definition) is 3. The monoisotopic (exact) mass is 422 g/mol. The second kappa shape index (κ2) is 11.7. The predicted octanol–water partition coefficient (Wildman–Crippen LogP) is 6.70. The lowest BCUT2D eigenvalue weighted by atomic mass is 9.74. The summed E-state index contributed by atoms with van der Waals surface area (Å²) < 4.78 is 45.3. The first kappa shape index (κ1) is 23.1. The van der Waals surface area contributed by atoms with Crippen LogP contribution in [0.2, 0.25) is 0 Å². The molecule has 0 bridgehead atoms. The molecule has 1 aromatic rings. The highest BCUT2D eigenvalue weighted by Gasteiger charge is 2.31. The normalized spacial score (nSPS) is 26.9. The van der Waals surface area contributed by atoms with Crippen molar-refractivity contribution in [3.63, 3.8) is 0 Å². The maximum Gasteiger partial charge on any atom is 0.204 e. The minimum absolute atomic E-state index is 0.0234. The zero-order valence-electron chi connectivity index (χ0n) is 18.2. The summed E-state index contributed by atoms with van der Waals surface area (Å²) in [5.74, 6) is -0.228. The van der Waals surface area contributed by atoms with Gasteiger partial charge in [0.1, 0.15) is 0 Å². The molecule has 30 heavy (non-hydrogen) atoms. The molecule has 2 aliphatic rings. The van der Waals surface area contributed by atoms with Gasteiger partial charge in [0.25, 0.3) is 0 Å². The Balaban J connectivity index is 1.40. The molecular formula is C25H36F2O3. The van der Waals surface area contributed by atoms with Gasteiger partial charge >= 0.3 is 0 Å². The van der Waals surface area contributed by atoms with E-state index in [0.29, 0.717) is 37.1 Å². The van der Waals surface area contributed by atoms with Crippen LogP contribution < -0.4 is 9.47 Å². The molecule has 5 heteroatoms. The van der Waals surface area contributed by atoms with Crippen molar-refractivity contribution in [3.05, 3.63) is 36.4 Å². The smallest absolute Gasteiger partial charge is 0.204 e. The fourth-order valence-corrected chi connectivity index (χ4v) is 4.71. The Kier molecular flexibility index (Phi) is 8.98. The molecule has 2 fully saturated rings. The molecule has 3 rings (SSSR count). The van der Waals surface area contributed by atoms with E-state index in [-0.39, 0.29) is 11.5 Å². The number of allylic oxidation sites excluding steroid dienone is 1. The van der Waals surface area contributed by atoms with Gasteiger partial charge in [-0.2, -0.15) is 8.78 Å². The van der Waals surface area contributed by atoms with Crippen LogP contribution in [0.5, 0.6) is 11.5 Å². The minimum Gasteiger partial charge on any atom is -0.490 e. The highest BCUT2D eigenvalue weighted by Crippen LogP contribution is 2.38. The molecule has 3 nitrogen and oxygen atoms in total. The van der Waals surface area contributed by atoms with Gasteiger partial charge in [-0.05, 0) is 87.7 Å². The molecule has 1 heterocycles. The van der Waals surface area contributed by atoms with Crippen molar-refractivity contribution in [2.45, 2.75) is 70.8 Å². The largest absolute Gasteiger partial charge is 0.490 e. The molecule has 0 radical (unpaired) electrons. The Labute approximate surface area is 179 Å². The minimum atomic E-state index is -0.964. The van der Waals surface area contributed by atoms with E-state index in [1.54, 1.807) is 0 Å². The lowest BCUT2D eigenvalue weighted by Crippen LogP contribution is -2.33. The Morgan fingerprint density at radius 3 is 2.27 bits per heavy atom. The van der Waals surface area contributed by atoms with Gasteiger partial charge in [0.05, 0.1) is 25.9 Å². The molecule has 0 N–H and O–H groups in total. The zero-order chi connectivity index (χ0) is 21.3. The van der Waals surface area contributed by atoms with Gasteiger partial charge in [0.2, 0.25) is 11.6 Å². The van der Waals surface area contributed by atoms with Gasteiger partial charge in [-0.25, -0.2) is 0 Å². The molecule has 168 valence electrons. The number of ether oxygens (including phenoxy) is 3. The average molecular weight is 423 g/mol. The number of rotatable bonds is 10. The maximum absolute atomic E-state index is 14.3. The van der Waals surface area contributed by atoms with Crippen molar-refractivity contribution in [1.29, 1.82) is 0 Å². The molecule has 0 amide bonds. The highest BCUT2D eigenvalue weighted by atomic mass is 19.2. The van der Waals surface area contributed by atoms with E-state index in [4.69, 9.17) is 14.2 Å². The molecule has 0 aromatic heterocycles. The average Bonchev–Trinajstić information content (AvgIpc) is 2.79. The summed E-state index contributed by atoms with van der Waals surface area (Å²) in [6.07, 6.45) is 12.1. The van der Waals surface area contributed by atoms with Gasteiger partial charge in [0, 0.05) is 0 Å². The molecular weight excluding hydrogens is 386 g/mol. The standard InChI is InChI=1S/C25H36F2O3/c1-3-5-6-21-12-11-20(17-29-21)19-9-7-18(8-10-19)16-30-23-14-13-22(28-15-4-2)24(26)25(23)27/h3,13-14,18-21H,1,4-12,15-17H2,2H3. The summed E-state index contributed by atoms with van der Waals surface area (Å²) in [6, 6.07) is 2.92. The van der Waals surface area contributed by atoms with Crippen LogP contribution in [0.25, 0.3) is 0 Å². The fraction of sp³-hybridized carbons (Fsp3) is 0.680. The first-order valence-corrected chi connectivity index (χ1v) is 11.6. The quantitative estimate of drug-likeness (QED) is 0.393. The third kappa shape index (κ3) is 6.19. The number of hydrogen-bond donors (Lipinski definition) is 0. The summed E-state index contributed by atoms with van der Waals surface area (Å²) in [5, 5.41) is 0. The summed E-state index contributed by atoms with van der Waals surface area (Å²) in [6.45, 7) is 7.38. The van der Waals surface area contributed by atoms with Crippen LogP contribution >= 0.6 is 0 Å². The van der Waals surface area contributed by atoms with Crippen molar-refractivity contribution in [2.75, 3.05) is 19.8 Å². The Hall–Kier alpha value is -1.62. The Morgan fingerprint density at radius 2 is 1.67 bits per heavy atom. The lowest BCUT2D eigenvalue weighted by Gasteiger charge is -2.37. The molecule has 1 aliphatic heterocycles. The summed E-state index contributed by atoms with van der Waals surface area (Å²) >= 11 is 0. The highest BCUT2D eigenvalue weighted by molar-refractivity contribution is 5.35. The third-order valence-corrected chi connectivity index (χ3v) is 6.60. The van der Waals surface area contributed by atoms with Crippen LogP contribution in [0.1, 0.15) is 64.7 Å². The summed E-state index contributed by atoms with van der Waals surface area (Å²) in [7, 11) is 0. The van der Waals surface area contributed by atoms with Gasteiger partial charge in [-0.1, -0.05) is 13.0 Å². The van der Waals surface area contributed by atoms with Gasteiger partial charge in [-0.15, -0.1) is 6.58 Å². The van der Waals surface area contributed by atoms with Crippen molar-refractivity contribution in [1.82, 2.24) is 0 Å². The third-order valence-electron chi connectivity index (χ3n) is 6.60. The second-order valence-corrected chi connectivity index (χ2v) is 8.79. The zero-order valence-corrected chi connectivity index (χ0v) is 18.2. The van der Waals surface area contributed by atoms with Gasteiger partial charge < -0.3 is 14.2 Å². The Morgan fingerprint density at radius 1 is 1.00 bits per heavy atom. The first-order valence-electron chi connectivity index (χ1n) is 11.6. The lowest BCUT2D eigenvalue weighted by molar-refractivity contribution is -0.0421. The maximum atomic E-state index is 14.3. The molecule has 2 atom stereocenters. The van der Waals surface area contributed by atoms with E-state index < -0.39 is 11.6 Å². The summed E-state index contributed by atoms with van der Waals surface area (Å²) in [4.78, 5) is 0. The Bertz CT molecular complexity index is 663. The summed E-state index contributed by atoms with van der Waals surface area (Å²) in [5.41, 5.74) is 0. The van der Waals surface area contributed by atoms with Crippen molar-refractivity contribution >= 4 is 0 Å². The van der Waals surface area contributed by atoms with E-state index in [1.165, 1.54) is 31.4 Å². The van der Waals surface area contributed by atoms with Crippen LogP contribution in [0, 0.1) is 29.4 Å². The van der Waals surface area contributed by atoms with E-state index in [0.717, 1.165) is 45.1 Å². The first-order chi connectivity index (χ1) is 14.6. The van der Waals surface area contributed by atoms with Crippen LogP contribution in [-0.2, 0) is 4.74 Å². The fourth-order valence-electron chi connectivity index (χ4n) is 4.71. The molecule has 1 saturated heterocycles. The van der Waals surface area contributed by atoms with E-state index >= 15 is 0 Å². The van der Waals surface area contributed by atoms with Crippen molar-refractivity contribution < 1.29 is 23.0 Å². The molecule has 1 aliphatic carbocycles. The van der Waals surface area contributed by atoms with E-state index in [9.17, 15) is 8.78 Å². The van der Waals surface area contributed by atoms with Gasteiger partial charge in [-0.3, -0.25) is 0 Å². The van der Waals surface area contributed by atoms with E-state index in [2.05, 4.69) is 6.58 Å². The van der Waals surface area contributed by atoms with Crippen molar-refractivity contribution in [3.8, 4) is 11.5 Å². The predicted molar refractivity (Wildman–Crippen MR) is 115 cm³/mol. The van der Waals surface area contributed by atoms with E-state index in [1.807, 2.05) is 13.0 Å². The molecule has 0 spiro atoms. The van der Waals surface area contributed by atoms with Crippen molar-refractivity contribution in [2.24, 2.45) is 17.8 Å². The SMILES string of the molecule is C=CCCC1CCC(C2CCC(COc3ccc(OCCC)c(F)c3F)CC2)CO1. The molecule has 2 unspecified atom stereocenters. The van der Waals surface area contributed by atoms with Crippen LogP contribution in [0.3, 0.4) is 0 Å². The number of halogens is 2. The number of benzene rings is 1. The van der Waals surface area contributed by atoms with Crippen LogP contribution in [0.4, 0.5) is 8.78 Å². The van der Waals surface area contributed by atoms with Gasteiger partial charge in [0.15, 0.2) is 11.5 Å².